The molecule has 1 amide bonds. The molecular formula is C23H18Br2N2O5. The quantitative estimate of drug-likeness (QED) is 0.133. The number of amides is 1. The maximum atomic E-state index is 12.0. The SMILES string of the molecule is Cc1cc(Br)c(OCC(=O)N/N=C\c2ccc(OC(=O)/C=C/c3ccco3)cc2)c(Br)c1. The molecule has 2 aromatic carbocycles. The molecular weight excluding hydrogens is 544 g/mol. The van der Waals surface area contributed by atoms with Crippen molar-refractivity contribution in [2.75, 3.05) is 6.61 Å². The largest absolute Gasteiger partial charge is 0.481 e. The number of aryl methyl sites for hydroxylation is 1. The number of carbonyl (C=O) groups excluding carboxylic acids is 2. The number of halogens is 2. The highest BCUT2D eigenvalue weighted by atomic mass is 79.9. The van der Waals surface area contributed by atoms with Gasteiger partial charge in [0.15, 0.2) is 6.61 Å². The molecule has 1 aromatic heterocycles. The molecule has 3 aromatic rings. The van der Waals surface area contributed by atoms with Crippen molar-refractivity contribution >= 4 is 56.0 Å². The molecule has 0 saturated carbocycles. The van der Waals surface area contributed by atoms with Crippen LogP contribution in [-0.4, -0.2) is 24.7 Å². The number of hydrogen-bond acceptors (Lipinski definition) is 6. The molecule has 0 aliphatic carbocycles. The van der Waals surface area contributed by atoms with Gasteiger partial charge in [-0.05, 0) is 105 Å². The molecule has 0 bridgehead atoms. The van der Waals surface area contributed by atoms with Crippen LogP contribution in [0.5, 0.6) is 11.5 Å². The molecule has 0 atom stereocenters. The topological polar surface area (TPSA) is 90.1 Å². The molecule has 0 aliphatic heterocycles. The zero-order valence-corrected chi connectivity index (χ0v) is 20.1. The first-order valence-corrected chi connectivity index (χ1v) is 10.9. The number of esters is 1. The van der Waals surface area contributed by atoms with Gasteiger partial charge in [-0.3, -0.25) is 4.79 Å². The van der Waals surface area contributed by atoms with Gasteiger partial charge in [0.1, 0.15) is 17.3 Å². The number of furan rings is 1. The molecule has 1 N–H and O–H groups in total. The van der Waals surface area contributed by atoms with Crippen LogP contribution in [0.25, 0.3) is 6.08 Å². The first-order chi connectivity index (χ1) is 15.4. The Morgan fingerprint density at radius 1 is 1.12 bits per heavy atom. The lowest BCUT2D eigenvalue weighted by molar-refractivity contribution is -0.129. The fraction of sp³-hybridized carbons (Fsp3) is 0.0870. The second-order valence-corrected chi connectivity index (χ2v) is 8.19. The first kappa shape index (κ1) is 23.5. The number of nitrogens with zero attached hydrogens (tertiary/aromatic N) is 1. The molecule has 32 heavy (non-hydrogen) atoms. The molecule has 0 spiro atoms. The summed E-state index contributed by atoms with van der Waals surface area (Å²) in [5, 5.41) is 3.90. The molecule has 0 unspecified atom stereocenters. The molecule has 3 rings (SSSR count). The number of hydrogen-bond donors (Lipinski definition) is 1. The van der Waals surface area contributed by atoms with Gasteiger partial charge in [-0.25, -0.2) is 10.2 Å². The van der Waals surface area contributed by atoms with Gasteiger partial charge >= 0.3 is 5.97 Å². The Hall–Kier alpha value is -3.17. The summed E-state index contributed by atoms with van der Waals surface area (Å²) in [6.45, 7) is 1.76. The highest BCUT2D eigenvalue weighted by Crippen LogP contribution is 2.34. The zero-order valence-electron chi connectivity index (χ0n) is 16.9. The van der Waals surface area contributed by atoms with E-state index in [1.54, 1.807) is 36.4 Å². The average Bonchev–Trinajstić information content (AvgIpc) is 3.26. The minimum Gasteiger partial charge on any atom is -0.481 e. The van der Waals surface area contributed by atoms with E-state index in [1.807, 2.05) is 19.1 Å². The number of nitrogens with one attached hydrogen (secondary N) is 1. The minimum absolute atomic E-state index is 0.196. The van der Waals surface area contributed by atoms with Crippen LogP contribution < -0.4 is 14.9 Å². The number of hydrazone groups is 1. The van der Waals surface area contributed by atoms with E-state index < -0.39 is 11.9 Å². The van der Waals surface area contributed by atoms with Crippen molar-refractivity contribution in [1.82, 2.24) is 5.43 Å². The molecule has 0 saturated heterocycles. The second kappa shape index (κ2) is 11.4. The van der Waals surface area contributed by atoms with E-state index in [0.717, 1.165) is 14.5 Å². The third-order valence-electron chi connectivity index (χ3n) is 3.92. The summed E-state index contributed by atoms with van der Waals surface area (Å²) in [6, 6.07) is 13.9. The second-order valence-electron chi connectivity index (χ2n) is 6.48. The van der Waals surface area contributed by atoms with Gasteiger partial charge in [0.2, 0.25) is 0 Å². The Kier molecular flexibility index (Phi) is 8.41. The minimum atomic E-state index is -0.526. The van der Waals surface area contributed by atoms with E-state index in [2.05, 4.69) is 42.4 Å². The third-order valence-corrected chi connectivity index (χ3v) is 5.10. The predicted molar refractivity (Wildman–Crippen MR) is 128 cm³/mol. The molecule has 0 aliphatic rings. The van der Waals surface area contributed by atoms with Gasteiger partial charge in [0.05, 0.1) is 21.4 Å². The van der Waals surface area contributed by atoms with E-state index in [1.165, 1.54) is 24.6 Å². The zero-order chi connectivity index (χ0) is 22.9. The predicted octanol–water partition coefficient (Wildman–Crippen LogP) is 5.26. The Bertz CT molecular complexity index is 1120. The van der Waals surface area contributed by atoms with E-state index in [0.29, 0.717) is 22.8 Å². The van der Waals surface area contributed by atoms with E-state index in [9.17, 15) is 9.59 Å². The monoisotopic (exact) mass is 560 g/mol. The summed E-state index contributed by atoms with van der Waals surface area (Å²) < 4.78 is 17.4. The number of benzene rings is 2. The van der Waals surface area contributed by atoms with E-state index in [4.69, 9.17) is 13.9 Å². The lowest BCUT2D eigenvalue weighted by Crippen LogP contribution is -2.24. The average molecular weight is 562 g/mol. The van der Waals surface area contributed by atoms with Crippen molar-refractivity contribution in [2.24, 2.45) is 5.10 Å². The molecule has 1 heterocycles. The van der Waals surface area contributed by atoms with Gasteiger partial charge in [0, 0.05) is 6.08 Å². The fourth-order valence-corrected chi connectivity index (χ4v) is 4.13. The third kappa shape index (κ3) is 7.21. The smallest absolute Gasteiger partial charge is 0.336 e. The summed E-state index contributed by atoms with van der Waals surface area (Å²) in [5.41, 5.74) is 4.16. The molecule has 0 fully saturated rings. The van der Waals surface area contributed by atoms with Crippen molar-refractivity contribution in [3.63, 3.8) is 0 Å². The highest BCUT2D eigenvalue weighted by Gasteiger charge is 2.10. The van der Waals surface area contributed by atoms with Crippen molar-refractivity contribution in [1.29, 1.82) is 0 Å². The Balaban J connectivity index is 1.45. The molecule has 164 valence electrons. The van der Waals surface area contributed by atoms with Gasteiger partial charge in [-0.15, -0.1) is 0 Å². The standard InChI is InChI=1S/C23H18Br2N2O5/c1-15-11-19(24)23(20(25)12-15)31-14-21(28)27-26-13-16-4-6-18(7-5-16)32-22(29)9-8-17-3-2-10-30-17/h2-13H,14H2,1H3,(H,27,28)/b9-8+,26-13-. The summed E-state index contributed by atoms with van der Waals surface area (Å²) in [6.07, 6.45) is 5.78. The molecule has 7 nitrogen and oxygen atoms in total. The van der Waals surface area contributed by atoms with Gasteiger partial charge < -0.3 is 13.9 Å². The van der Waals surface area contributed by atoms with Crippen LogP contribution in [0.4, 0.5) is 0 Å². The van der Waals surface area contributed by atoms with Gasteiger partial charge in [0.25, 0.3) is 5.91 Å². The maximum absolute atomic E-state index is 12.0. The lowest BCUT2D eigenvalue weighted by atomic mass is 10.2. The van der Waals surface area contributed by atoms with Gasteiger partial charge in [-0.1, -0.05) is 0 Å². The van der Waals surface area contributed by atoms with Crippen LogP contribution in [0.2, 0.25) is 0 Å². The van der Waals surface area contributed by atoms with Crippen LogP contribution in [0, 0.1) is 6.92 Å². The van der Waals surface area contributed by atoms with Crippen molar-refractivity contribution in [3.05, 3.63) is 86.7 Å². The maximum Gasteiger partial charge on any atom is 0.336 e. The van der Waals surface area contributed by atoms with Crippen LogP contribution >= 0.6 is 31.9 Å². The normalized spacial score (nSPS) is 11.1. The highest BCUT2D eigenvalue weighted by molar-refractivity contribution is 9.11. The number of carbonyl (C=O) groups is 2. The van der Waals surface area contributed by atoms with Crippen molar-refractivity contribution in [3.8, 4) is 11.5 Å². The number of rotatable bonds is 8. The van der Waals surface area contributed by atoms with Crippen LogP contribution in [0.15, 0.2) is 79.3 Å². The summed E-state index contributed by atoms with van der Waals surface area (Å²) in [7, 11) is 0. The van der Waals surface area contributed by atoms with Gasteiger partial charge in [-0.2, -0.15) is 5.10 Å². The fourth-order valence-electron chi connectivity index (χ4n) is 2.48. The first-order valence-electron chi connectivity index (χ1n) is 9.34. The summed E-state index contributed by atoms with van der Waals surface area (Å²) in [5.74, 6) is 0.540. The van der Waals surface area contributed by atoms with Crippen molar-refractivity contribution < 1.29 is 23.5 Å². The van der Waals surface area contributed by atoms with Crippen LogP contribution in [0.3, 0.4) is 0 Å². The summed E-state index contributed by atoms with van der Waals surface area (Å²) >= 11 is 6.83. The molecule has 9 heteroatoms. The molecule has 0 radical (unpaired) electrons. The summed E-state index contributed by atoms with van der Waals surface area (Å²) in [4.78, 5) is 23.8. The lowest BCUT2D eigenvalue weighted by Gasteiger charge is -2.10. The van der Waals surface area contributed by atoms with Crippen LogP contribution in [0.1, 0.15) is 16.9 Å². The van der Waals surface area contributed by atoms with Crippen molar-refractivity contribution in [2.45, 2.75) is 6.92 Å². The Labute approximate surface area is 201 Å². The van der Waals surface area contributed by atoms with E-state index in [-0.39, 0.29) is 6.61 Å². The number of ether oxygens (including phenoxy) is 2. The Morgan fingerprint density at radius 2 is 1.84 bits per heavy atom. The van der Waals surface area contributed by atoms with E-state index >= 15 is 0 Å². The Morgan fingerprint density at radius 3 is 2.50 bits per heavy atom. The van der Waals surface area contributed by atoms with Crippen LogP contribution in [-0.2, 0) is 9.59 Å².